The Morgan fingerprint density at radius 2 is 0.869 bits per heavy atom. The molecule has 11 aromatic rings. The van der Waals surface area contributed by atoms with E-state index in [9.17, 15) is 0 Å². The van der Waals surface area contributed by atoms with Crippen molar-refractivity contribution in [3.05, 3.63) is 235 Å². The van der Waals surface area contributed by atoms with Crippen LogP contribution in [0.25, 0.3) is 93.3 Å². The molecule has 3 nitrogen and oxygen atoms in total. The lowest BCUT2D eigenvalue weighted by atomic mass is 9.92. The van der Waals surface area contributed by atoms with Gasteiger partial charge in [-0.2, -0.15) is 0 Å². The monoisotopic (exact) mass is 778 g/mol. The van der Waals surface area contributed by atoms with E-state index in [0.717, 1.165) is 44.6 Å². The predicted molar refractivity (Wildman–Crippen MR) is 256 cm³/mol. The van der Waals surface area contributed by atoms with Crippen LogP contribution < -0.4 is 5.32 Å². The third-order valence-corrected chi connectivity index (χ3v) is 12.4. The second-order valence-electron chi connectivity index (χ2n) is 15.9. The Hall–Kier alpha value is -8.01. The summed E-state index contributed by atoms with van der Waals surface area (Å²) in [6, 6.07) is 76.0. The third kappa shape index (κ3) is 6.10. The van der Waals surface area contributed by atoms with Gasteiger partial charge in [0.25, 0.3) is 0 Å². The van der Waals surface area contributed by atoms with Gasteiger partial charge < -0.3 is 9.73 Å². The molecule has 0 fully saturated rings. The van der Waals surface area contributed by atoms with Gasteiger partial charge in [0.2, 0.25) is 0 Å². The molecule has 1 aliphatic rings. The van der Waals surface area contributed by atoms with Crippen LogP contribution in [0, 0.1) is 0 Å². The molecule has 0 radical (unpaired) electrons. The summed E-state index contributed by atoms with van der Waals surface area (Å²) in [7, 11) is 0. The van der Waals surface area contributed by atoms with Crippen LogP contribution in [-0.4, -0.2) is 5.84 Å². The number of nitrogens with zero attached hydrogens (tertiary/aromatic N) is 1. The molecule has 0 aliphatic carbocycles. The summed E-state index contributed by atoms with van der Waals surface area (Å²) in [5.41, 5.74) is 13.1. The van der Waals surface area contributed by atoms with Crippen molar-refractivity contribution in [2.24, 2.45) is 4.99 Å². The van der Waals surface area contributed by atoms with Crippen LogP contribution in [0.1, 0.15) is 22.7 Å². The molecular weight excluding hydrogens is 741 g/mol. The summed E-state index contributed by atoms with van der Waals surface area (Å²) in [5, 5.41) is 13.8. The van der Waals surface area contributed by atoms with E-state index in [1.807, 2.05) is 18.2 Å². The molecule has 0 bridgehead atoms. The number of rotatable bonds is 6. The first kappa shape index (κ1) is 35.0. The van der Waals surface area contributed by atoms with E-state index in [4.69, 9.17) is 9.41 Å². The largest absolute Gasteiger partial charge is 0.456 e. The first-order chi connectivity index (χ1) is 30.2. The predicted octanol–water partition coefficient (Wildman–Crippen LogP) is 15.2. The minimum atomic E-state index is -0.0623. The van der Waals surface area contributed by atoms with E-state index in [1.165, 1.54) is 71.3 Å². The molecule has 1 unspecified atom stereocenters. The molecule has 1 N–H and O–H groups in total. The fourth-order valence-electron chi connectivity index (χ4n) is 9.28. The van der Waals surface area contributed by atoms with E-state index in [0.29, 0.717) is 0 Å². The molecule has 1 aromatic heterocycles. The summed E-state index contributed by atoms with van der Waals surface area (Å²) in [6.45, 7) is 0. The molecule has 0 amide bonds. The molecule has 3 heteroatoms. The van der Waals surface area contributed by atoms with Gasteiger partial charge in [-0.25, -0.2) is 4.99 Å². The molecule has 0 saturated carbocycles. The van der Waals surface area contributed by atoms with Crippen LogP contribution in [0.3, 0.4) is 0 Å². The number of hydrogen-bond acceptors (Lipinski definition) is 3. The van der Waals surface area contributed by atoms with Crippen molar-refractivity contribution in [1.29, 1.82) is 0 Å². The SMILES string of the molecule is C1=C(c2ccccc2)N=C(c2ccc(-c3ccc4c5ccccc5c5ccccc5c4c3)cc2)NC1c1ccc(-c2ccc(-c3cccc4oc5ccccc5c34)cc2)cc1. The highest BCUT2D eigenvalue weighted by Crippen LogP contribution is 2.39. The zero-order valence-electron chi connectivity index (χ0n) is 33.2. The molecule has 61 heavy (non-hydrogen) atoms. The van der Waals surface area contributed by atoms with Crippen LogP contribution in [-0.2, 0) is 0 Å². The maximum atomic E-state index is 6.17. The Morgan fingerprint density at radius 3 is 1.56 bits per heavy atom. The van der Waals surface area contributed by atoms with Crippen molar-refractivity contribution in [1.82, 2.24) is 5.32 Å². The lowest BCUT2D eigenvalue weighted by Gasteiger charge is -2.25. The topological polar surface area (TPSA) is 37.5 Å². The summed E-state index contributed by atoms with van der Waals surface area (Å²) in [6.07, 6.45) is 2.24. The van der Waals surface area contributed by atoms with Gasteiger partial charge >= 0.3 is 0 Å². The highest BCUT2D eigenvalue weighted by atomic mass is 16.3. The van der Waals surface area contributed by atoms with Crippen molar-refractivity contribution in [2.75, 3.05) is 0 Å². The number of para-hydroxylation sites is 1. The summed E-state index contributed by atoms with van der Waals surface area (Å²) < 4.78 is 6.17. The fraction of sp³-hybridized carbons (Fsp3) is 0.0172. The molecule has 10 aromatic carbocycles. The van der Waals surface area contributed by atoms with Crippen molar-refractivity contribution < 1.29 is 4.42 Å². The number of hydrogen-bond donors (Lipinski definition) is 1. The Morgan fingerprint density at radius 1 is 0.361 bits per heavy atom. The average molecular weight is 779 g/mol. The first-order valence-electron chi connectivity index (χ1n) is 20.9. The normalized spacial score (nSPS) is 14.1. The molecule has 1 aliphatic heterocycles. The third-order valence-electron chi connectivity index (χ3n) is 12.4. The van der Waals surface area contributed by atoms with Gasteiger partial charge in [0.05, 0.1) is 11.7 Å². The van der Waals surface area contributed by atoms with Crippen molar-refractivity contribution in [3.63, 3.8) is 0 Å². The zero-order valence-corrected chi connectivity index (χ0v) is 33.2. The van der Waals surface area contributed by atoms with Crippen molar-refractivity contribution in [2.45, 2.75) is 6.04 Å². The highest BCUT2D eigenvalue weighted by Gasteiger charge is 2.21. The zero-order chi connectivity index (χ0) is 40.3. The van der Waals surface area contributed by atoms with Crippen LogP contribution >= 0.6 is 0 Å². The molecule has 286 valence electrons. The molecule has 0 saturated heterocycles. The second kappa shape index (κ2) is 14.4. The Bertz CT molecular complexity index is 3490. The van der Waals surface area contributed by atoms with Crippen LogP contribution in [0.15, 0.2) is 228 Å². The number of nitrogens with one attached hydrogen (secondary N) is 1. The van der Waals surface area contributed by atoms with E-state index in [-0.39, 0.29) is 6.04 Å². The van der Waals surface area contributed by atoms with Gasteiger partial charge in [-0.1, -0.05) is 194 Å². The maximum absolute atomic E-state index is 6.17. The summed E-state index contributed by atoms with van der Waals surface area (Å²) in [4.78, 5) is 5.20. The summed E-state index contributed by atoms with van der Waals surface area (Å²) >= 11 is 0. The molecule has 1 atom stereocenters. The van der Waals surface area contributed by atoms with Gasteiger partial charge in [0.1, 0.15) is 17.0 Å². The van der Waals surface area contributed by atoms with E-state index >= 15 is 0 Å². The van der Waals surface area contributed by atoms with Crippen LogP contribution in [0.5, 0.6) is 0 Å². The maximum Gasteiger partial charge on any atom is 0.136 e. The smallest absolute Gasteiger partial charge is 0.136 e. The minimum absolute atomic E-state index is 0.0623. The lowest BCUT2D eigenvalue weighted by molar-refractivity contribution is 0.669. The molecular formula is C58H38N2O. The highest BCUT2D eigenvalue weighted by molar-refractivity contribution is 6.25. The van der Waals surface area contributed by atoms with Crippen molar-refractivity contribution >= 4 is 65.8 Å². The standard InChI is InChI=1S/C58H38N2O/c1-2-11-41(12-3-1)53-36-54(42-29-23-38(24-30-42)37-21-27-40(28-22-37)45-18-10-20-56-57(45)51-17-8-9-19-55(51)61-56)60-58(59-53)43-31-25-39(26-32-43)44-33-34-50-48-15-5-4-13-46(48)47-14-6-7-16-49(47)52(50)35-44/h1-36,54H,(H,59,60). The van der Waals surface area contributed by atoms with E-state index < -0.39 is 0 Å². The number of fused-ring (bicyclic) bond motifs is 9. The van der Waals surface area contributed by atoms with Gasteiger partial charge in [0.15, 0.2) is 0 Å². The van der Waals surface area contributed by atoms with Gasteiger partial charge in [-0.15, -0.1) is 0 Å². The molecule has 12 rings (SSSR count). The lowest BCUT2D eigenvalue weighted by Crippen LogP contribution is -2.31. The van der Waals surface area contributed by atoms with E-state index in [2.05, 4.69) is 206 Å². The Labute approximate surface area is 353 Å². The first-order valence-corrected chi connectivity index (χ1v) is 20.9. The summed E-state index contributed by atoms with van der Waals surface area (Å²) in [5.74, 6) is 0.856. The van der Waals surface area contributed by atoms with Gasteiger partial charge in [-0.3, -0.25) is 0 Å². The van der Waals surface area contributed by atoms with Gasteiger partial charge in [-0.05, 0) is 101 Å². The van der Waals surface area contributed by atoms with Crippen molar-refractivity contribution in [3.8, 4) is 33.4 Å². The number of aliphatic imine (C=N–C) groups is 1. The van der Waals surface area contributed by atoms with Gasteiger partial charge in [0, 0.05) is 16.3 Å². The number of furan rings is 1. The quantitative estimate of drug-likeness (QED) is 0.171. The Balaban J connectivity index is 0.838. The second-order valence-corrected chi connectivity index (χ2v) is 15.9. The average Bonchev–Trinajstić information content (AvgIpc) is 3.73. The fourth-order valence-corrected chi connectivity index (χ4v) is 9.28. The van der Waals surface area contributed by atoms with Crippen LogP contribution in [0.2, 0.25) is 0 Å². The molecule has 2 heterocycles. The number of benzene rings is 10. The number of amidine groups is 1. The van der Waals surface area contributed by atoms with Crippen LogP contribution in [0.4, 0.5) is 0 Å². The molecule has 0 spiro atoms. The van der Waals surface area contributed by atoms with E-state index in [1.54, 1.807) is 0 Å². The Kier molecular flexibility index (Phi) is 8.24. The minimum Gasteiger partial charge on any atom is -0.456 e.